The van der Waals surface area contributed by atoms with Crippen LogP contribution in [-0.2, 0) is 17.7 Å². The molecule has 2 aliphatic rings. The summed E-state index contributed by atoms with van der Waals surface area (Å²) in [5, 5.41) is 0.0115. The largest absolute Gasteiger partial charge is 0.414 e. The number of fused-ring (bicyclic) bond motifs is 2. The maximum absolute atomic E-state index is 7.34. The number of hydrogen-bond donors (Lipinski definition) is 1. The van der Waals surface area contributed by atoms with Gasteiger partial charge in [-0.15, -0.1) is 0 Å². The van der Waals surface area contributed by atoms with E-state index in [0.29, 0.717) is 23.6 Å². The molecule has 0 radical (unpaired) electrons. The number of aromatic nitrogens is 4. The predicted octanol–water partition coefficient (Wildman–Crippen LogP) is 4.99. The summed E-state index contributed by atoms with van der Waals surface area (Å²) in [7, 11) is -5.35. The van der Waals surface area contributed by atoms with Crippen molar-refractivity contribution in [2.24, 2.45) is 0 Å². The molecule has 2 N–H and O–H groups in total. The quantitative estimate of drug-likeness (QED) is 0.508. The average Bonchev–Trinajstić information content (AvgIpc) is 3.34. The Bertz CT molecular complexity index is 1020. The summed E-state index contributed by atoms with van der Waals surface area (Å²) >= 11 is 1.74. The standard InChI is InChI=1S/C23H41N5O4SSi2/c1-13(2)34(14(3)4)29-10-17-19(31-35(32-34,15(5)6)16(7)8)20(33-9)23(30-17)28-12-27-18-21(24)25-11-26-22(18)28/h11-17,19-20,23H,10H2,1-9H3,(H2,24,25,26)/t17-,19+,20?,23-/m1/s1. The van der Waals surface area contributed by atoms with Gasteiger partial charge in [0.15, 0.2) is 17.7 Å². The van der Waals surface area contributed by atoms with Crippen molar-refractivity contribution in [1.29, 1.82) is 0 Å². The normalized spacial score (nSPS) is 28.7. The number of ether oxygens (including phenoxy) is 1. The number of hydrogen-bond acceptors (Lipinski definition) is 9. The summed E-state index contributed by atoms with van der Waals surface area (Å²) < 4.78 is 30.2. The van der Waals surface area contributed by atoms with E-state index in [0.717, 1.165) is 0 Å². The highest BCUT2D eigenvalue weighted by Crippen LogP contribution is 2.50. The fourth-order valence-electron chi connectivity index (χ4n) is 5.65. The number of nitrogens with two attached hydrogens (primary N) is 1. The molecule has 0 aliphatic carbocycles. The van der Waals surface area contributed by atoms with Gasteiger partial charge < -0.3 is 23.4 Å². The molecule has 2 fully saturated rings. The van der Waals surface area contributed by atoms with Crippen LogP contribution in [0.1, 0.15) is 61.6 Å². The van der Waals surface area contributed by atoms with Crippen LogP contribution in [0.2, 0.25) is 22.2 Å². The molecule has 0 aromatic carbocycles. The third-order valence-electron chi connectivity index (χ3n) is 7.55. The second-order valence-electron chi connectivity index (χ2n) is 10.9. The van der Waals surface area contributed by atoms with E-state index >= 15 is 0 Å². The summed E-state index contributed by atoms with van der Waals surface area (Å²) in [6.45, 7) is 18.4. The first-order chi connectivity index (χ1) is 16.5. The molecule has 2 aromatic heterocycles. The molecule has 196 valence electrons. The van der Waals surface area contributed by atoms with E-state index in [1.165, 1.54) is 6.33 Å². The zero-order valence-corrected chi connectivity index (χ0v) is 25.2. The highest BCUT2D eigenvalue weighted by Gasteiger charge is 2.61. The smallest absolute Gasteiger partial charge is 0.335 e. The predicted molar refractivity (Wildman–Crippen MR) is 145 cm³/mol. The minimum absolute atomic E-state index is 0.0115. The third-order valence-corrected chi connectivity index (χ3v) is 18.8. The Balaban J connectivity index is 1.80. The number of nitrogens with zero attached hydrogens (tertiary/aromatic N) is 4. The Morgan fingerprint density at radius 1 is 0.971 bits per heavy atom. The third kappa shape index (κ3) is 4.38. The van der Waals surface area contributed by atoms with Gasteiger partial charge in [-0.05, 0) is 28.4 Å². The Hall–Kier alpha value is -1.03. The van der Waals surface area contributed by atoms with Crippen molar-refractivity contribution in [3.8, 4) is 0 Å². The van der Waals surface area contributed by atoms with E-state index in [1.54, 1.807) is 18.1 Å². The van der Waals surface area contributed by atoms with Gasteiger partial charge >= 0.3 is 17.1 Å². The van der Waals surface area contributed by atoms with Gasteiger partial charge in [0.05, 0.1) is 24.3 Å². The molecular weight excluding hydrogens is 499 g/mol. The summed E-state index contributed by atoms with van der Waals surface area (Å²) in [6.07, 6.45) is 4.61. The molecule has 4 heterocycles. The first kappa shape index (κ1) is 27.0. The molecule has 4 rings (SSSR count). The van der Waals surface area contributed by atoms with Gasteiger partial charge in [0.1, 0.15) is 17.9 Å². The van der Waals surface area contributed by atoms with Crippen molar-refractivity contribution >= 4 is 45.9 Å². The van der Waals surface area contributed by atoms with Crippen molar-refractivity contribution < 1.29 is 17.7 Å². The Kier molecular flexibility index (Phi) is 7.74. The summed E-state index contributed by atoms with van der Waals surface area (Å²) in [4.78, 5) is 13.0. The van der Waals surface area contributed by atoms with Crippen LogP contribution in [0.5, 0.6) is 0 Å². The van der Waals surface area contributed by atoms with Gasteiger partial charge in [-0.25, -0.2) is 15.0 Å². The van der Waals surface area contributed by atoms with Gasteiger partial charge in [-0.1, -0.05) is 55.4 Å². The minimum atomic E-state index is -2.73. The Labute approximate surface area is 215 Å². The van der Waals surface area contributed by atoms with Crippen LogP contribution >= 0.6 is 11.8 Å². The van der Waals surface area contributed by atoms with E-state index < -0.39 is 17.1 Å². The fourth-order valence-corrected chi connectivity index (χ4v) is 17.9. The number of imidazole rings is 1. The summed E-state index contributed by atoms with van der Waals surface area (Å²) in [5.74, 6) is 0.363. The molecule has 1 unspecified atom stereocenters. The van der Waals surface area contributed by atoms with Crippen molar-refractivity contribution in [2.75, 3.05) is 18.6 Å². The number of rotatable bonds is 6. The molecule has 0 amide bonds. The van der Waals surface area contributed by atoms with Crippen LogP contribution in [0.4, 0.5) is 5.82 Å². The van der Waals surface area contributed by atoms with Gasteiger partial charge in [-0.3, -0.25) is 4.57 Å². The Morgan fingerprint density at radius 2 is 1.60 bits per heavy atom. The molecule has 9 nitrogen and oxygen atoms in total. The van der Waals surface area contributed by atoms with Crippen LogP contribution in [-0.4, -0.2) is 67.0 Å². The van der Waals surface area contributed by atoms with E-state index in [9.17, 15) is 0 Å². The molecular formula is C23H41N5O4SSi2. The first-order valence-electron chi connectivity index (χ1n) is 12.6. The van der Waals surface area contributed by atoms with Gasteiger partial charge in [-0.2, -0.15) is 11.8 Å². The molecule has 0 saturated carbocycles. The number of thioether (sulfide) groups is 1. The maximum Gasteiger partial charge on any atom is 0.335 e. The highest BCUT2D eigenvalue weighted by molar-refractivity contribution is 7.99. The van der Waals surface area contributed by atoms with Gasteiger partial charge in [0, 0.05) is 0 Å². The molecule has 2 saturated heterocycles. The first-order valence-corrected chi connectivity index (χ1v) is 17.8. The maximum atomic E-state index is 7.34. The van der Waals surface area contributed by atoms with Crippen LogP contribution < -0.4 is 5.73 Å². The van der Waals surface area contributed by atoms with Crippen molar-refractivity contribution in [1.82, 2.24) is 19.5 Å². The highest BCUT2D eigenvalue weighted by atomic mass is 32.2. The van der Waals surface area contributed by atoms with E-state index in [4.69, 9.17) is 23.4 Å². The van der Waals surface area contributed by atoms with Gasteiger partial charge in [0.2, 0.25) is 0 Å². The summed E-state index contributed by atoms with van der Waals surface area (Å²) in [5.41, 5.74) is 8.41. The summed E-state index contributed by atoms with van der Waals surface area (Å²) in [6, 6.07) is 0. The van der Waals surface area contributed by atoms with Crippen molar-refractivity contribution in [2.45, 2.75) is 101 Å². The monoisotopic (exact) mass is 539 g/mol. The van der Waals surface area contributed by atoms with Crippen molar-refractivity contribution in [3.63, 3.8) is 0 Å². The van der Waals surface area contributed by atoms with E-state index in [-0.39, 0.29) is 45.9 Å². The lowest BCUT2D eigenvalue weighted by atomic mass is 10.2. The lowest BCUT2D eigenvalue weighted by Crippen LogP contribution is -2.65. The number of anilines is 1. The van der Waals surface area contributed by atoms with Gasteiger partial charge in [0.25, 0.3) is 0 Å². The second kappa shape index (κ2) is 10.0. The lowest BCUT2D eigenvalue weighted by Gasteiger charge is -2.51. The molecule has 0 bridgehead atoms. The molecule has 35 heavy (non-hydrogen) atoms. The topological polar surface area (TPSA) is 107 Å². The molecule has 4 atom stereocenters. The van der Waals surface area contributed by atoms with Crippen LogP contribution in [0.25, 0.3) is 11.2 Å². The molecule has 12 heteroatoms. The fraction of sp³-hybridized carbons (Fsp3) is 0.783. The molecule has 2 aliphatic heterocycles. The molecule has 2 aromatic rings. The van der Waals surface area contributed by atoms with E-state index in [1.807, 2.05) is 4.57 Å². The Morgan fingerprint density at radius 3 is 2.17 bits per heavy atom. The SMILES string of the molecule is CSC1[C@H]2O[Si](C(C)C)(C(C)C)O[Si](C(C)C)(C(C)C)OC[C@H]2O[C@H]1n1cnc2c(N)ncnc21. The van der Waals surface area contributed by atoms with Crippen LogP contribution in [0.3, 0.4) is 0 Å². The van der Waals surface area contributed by atoms with E-state index in [2.05, 4.69) is 76.6 Å². The second-order valence-corrected chi connectivity index (χ2v) is 20.8. The minimum Gasteiger partial charge on any atom is -0.414 e. The van der Waals surface area contributed by atoms with Crippen molar-refractivity contribution in [3.05, 3.63) is 12.7 Å². The number of nitrogen functional groups attached to an aromatic ring is 1. The average molecular weight is 540 g/mol. The zero-order chi connectivity index (χ0) is 25.7. The lowest BCUT2D eigenvalue weighted by molar-refractivity contribution is -0.0544. The zero-order valence-electron chi connectivity index (χ0n) is 22.4. The van der Waals surface area contributed by atoms with Crippen LogP contribution in [0.15, 0.2) is 12.7 Å². The van der Waals surface area contributed by atoms with Crippen LogP contribution in [0, 0.1) is 0 Å². The molecule has 0 spiro atoms.